The topological polar surface area (TPSA) is 93.0 Å². The number of rotatable bonds is 8. The molecule has 0 bridgehead atoms. The summed E-state index contributed by atoms with van der Waals surface area (Å²) < 4.78 is 1.94. The van der Waals surface area contributed by atoms with E-state index < -0.39 is 0 Å². The Morgan fingerprint density at radius 1 is 1.31 bits per heavy atom. The van der Waals surface area contributed by atoms with Crippen molar-refractivity contribution in [1.82, 2.24) is 24.6 Å². The van der Waals surface area contributed by atoms with Crippen LogP contribution in [0.15, 0.2) is 53.7 Å². The highest BCUT2D eigenvalue weighted by atomic mass is 32.2. The lowest BCUT2D eigenvalue weighted by molar-refractivity contribution is -0.113. The van der Waals surface area contributed by atoms with Crippen molar-refractivity contribution in [2.45, 2.75) is 37.5 Å². The van der Waals surface area contributed by atoms with Crippen LogP contribution in [0.4, 0.5) is 5.13 Å². The number of hydrogen-bond acceptors (Lipinski definition) is 7. The standard InChI is InChI=1S/C22H24N6O2S2/c1-3-11-28-19(25-26-22(28)32-14-18(29)24-21-23-10-13-31-21)17-5-4-12-27(17)20(30)16-8-6-15(2)7-9-16/h3,6-10,13,17H,1,4-5,11-12,14H2,2H3,(H,23,24,29). The molecule has 1 atom stereocenters. The van der Waals surface area contributed by atoms with Crippen LogP contribution in [-0.2, 0) is 11.3 Å². The zero-order chi connectivity index (χ0) is 22.5. The van der Waals surface area contributed by atoms with Gasteiger partial charge in [-0.05, 0) is 31.9 Å². The molecular formula is C22H24N6O2S2. The van der Waals surface area contributed by atoms with Crippen molar-refractivity contribution in [3.05, 3.63) is 65.4 Å². The zero-order valence-electron chi connectivity index (χ0n) is 17.7. The van der Waals surface area contributed by atoms with E-state index in [-0.39, 0.29) is 23.6 Å². The maximum atomic E-state index is 13.2. The van der Waals surface area contributed by atoms with Gasteiger partial charge in [-0.1, -0.05) is 35.5 Å². The highest BCUT2D eigenvalue weighted by molar-refractivity contribution is 7.99. The number of benzene rings is 1. The molecule has 2 aromatic heterocycles. The Bertz CT molecular complexity index is 1090. The molecule has 3 heterocycles. The number of amides is 2. The number of nitrogens with zero attached hydrogens (tertiary/aromatic N) is 5. The molecule has 166 valence electrons. The highest BCUT2D eigenvalue weighted by Gasteiger charge is 2.34. The predicted molar refractivity (Wildman–Crippen MR) is 126 cm³/mol. The van der Waals surface area contributed by atoms with Crippen LogP contribution < -0.4 is 5.32 Å². The first-order valence-corrected chi connectivity index (χ1v) is 12.2. The van der Waals surface area contributed by atoms with Crippen molar-refractivity contribution in [2.75, 3.05) is 17.6 Å². The summed E-state index contributed by atoms with van der Waals surface area (Å²) in [6, 6.07) is 7.47. The summed E-state index contributed by atoms with van der Waals surface area (Å²) in [4.78, 5) is 31.3. The Balaban J connectivity index is 1.50. The van der Waals surface area contributed by atoms with Gasteiger partial charge >= 0.3 is 0 Å². The second-order valence-corrected chi connectivity index (χ2v) is 9.27. The van der Waals surface area contributed by atoms with Crippen LogP contribution in [0.2, 0.25) is 0 Å². The molecule has 0 radical (unpaired) electrons. The maximum absolute atomic E-state index is 13.2. The molecule has 4 rings (SSSR count). The molecule has 1 aromatic carbocycles. The summed E-state index contributed by atoms with van der Waals surface area (Å²) in [5, 5.41) is 14.5. The molecule has 1 unspecified atom stereocenters. The van der Waals surface area contributed by atoms with Gasteiger partial charge in [-0.25, -0.2) is 4.98 Å². The summed E-state index contributed by atoms with van der Waals surface area (Å²) in [6.45, 7) is 7.03. The van der Waals surface area contributed by atoms with E-state index in [0.717, 1.165) is 24.2 Å². The normalized spacial score (nSPS) is 15.7. The van der Waals surface area contributed by atoms with Gasteiger partial charge in [0.2, 0.25) is 5.91 Å². The molecule has 0 saturated carbocycles. The predicted octanol–water partition coefficient (Wildman–Crippen LogP) is 3.94. The van der Waals surface area contributed by atoms with Crippen molar-refractivity contribution < 1.29 is 9.59 Å². The first-order chi connectivity index (χ1) is 15.6. The molecule has 32 heavy (non-hydrogen) atoms. The summed E-state index contributed by atoms with van der Waals surface area (Å²) in [6.07, 6.45) is 5.14. The minimum atomic E-state index is -0.158. The highest BCUT2D eigenvalue weighted by Crippen LogP contribution is 2.34. The van der Waals surface area contributed by atoms with E-state index in [9.17, 15) is 9.59 Å². The summed E-state index contributed by atoms with van der Waals surface area (Å²) in [5.74, 6) is 0.756. The van der Waals surface area contributed by atoms with Crippen molar-refractivity contribution in [3.8, 4) is 0 Å². The van der Waals surface area contributed by atoms with Crippen LogP contribution in [-0.4, -0.2) is 48.8 Å². The monoisotopic (exact) mass is 468 g/mol. The van der Waals surface area contributed by atoms with Crippen molar-refractivity contribution in [1.29, 1.82) is 0 Å². The van der Waals surface area contributed by atoms with Gasteiger partial charge in [-0.3, -0.25) is 9.59 Å². The average Bonchev–Trinajstić information content (AvgIpc) is 3.54. The van der Waals surface area contributed by atoms with E-state index in [1.54, 1.807) is 17.7 Å². The number of anilines is 1. The van der Waals surface area contributed by atoms with Crippen LogP contribution in [0.1, 0.15) is 40.6 Å². The number of aromatic nitrogens is 4. The fourth-order valence-electron chi connectivity index (χ4n) is 3.66. The second kappa shape index (κ2) is 10.1. The van der Waals surface area contributed by atoms with Crippen molar-refractivity contribution >= 4 is 40.0 Å². The van der Waals surface area contributed by atoms with Gasteiger partial charge in [-0.2, -0.15) is 0 Å². The van der Waals surface area contributed by atoms with Crippen LogP contribution >= 0.6 is 23.1 Å². The molecule has 0 aliphatic carbocycles. The number of aryl methyl sites for hydroxylation is 1. The number of allylic oxidation sites excluding steroid dienone is 1. The molecule has 8 nitrogen and oxygen atoms in total. The third-order valence-corrected chi connectivity index (χ3v) is 6.83. The minimum absolute atomic E-state index is 0.00215. The average molecular weight is 469 g/mol. The Morgan fingerprint density at radius 3 is 2.84 bits per heavy atom. The SMILES string of the molecule is C=CCn1c(SCC(=O)Nc2nccs2)nnc1C1CCCN1C(=O)c1ccc(C)cc1. The molecule has 10 heteroatoms. The van der Waals surface area contributed by atoms with E-state index in [1.165, 1.54) is 23.1 Å². The first-order valence-electron chi connectivity index (χ1n) is 10.3. The minimum Gasteiger partial charge on any atom is -0.328 e. The van der Waals surface area contributed by atoms with E-state index in [1.807, 2.05) is 40.7 Å². The molecule has 1 N–H and O–H groups in total. The quantitative estimate of drug-likeness (QED) is 0.398. The molecular weight excluding hydrogens is 444 g/mol. The maximum Gasteiger partial charge on any atom is 0.254 e. The molecule has 1 aliphatic heterocycles. The third-order valence-electron chi connectivity index (χ3n) is 5.18. The van der Waals surface area contributed by atoms with Gasteiger partial charge < -0.3 is 14.8 Å². The van der Waals surface area contributed by atoms with Gasteiger partial charge in [0.05, 0.1) is 11.8 Å². The fraction of sp³-hybridized carbons (Fsp3) is 0.318. The van der Waals surface area contributed by atoms with Gasteiger partial charge in [0.15, 0.2) is 16.1 Å². The fourth-order valence-corrected chi connectivity index (χ4v) is 4.96. The first kappa shape index (κ1) is 22.2. The molecule has 1 fully saturated rings. The molecule has 1 saturated heterocycles. The Hall–Kier alpha value is -2.98. The van der Waals surface area contributed by atoms with E-state index in [4.69, 9.17) is 0 Å². The van der Waals surface area contributed by atoms with Crippen molar-refractivity contribution in [3.63, 3.8) is 0 Å². The molecule has 0 spiro atoms. The molecule has 2 amide bonds. The molecule has 1 aliphatic rings. The van der Waals surface area contributed by atoms with Crippen LogP contribution in [0.25, 0.3) is 0 Å². The Kier molecular flexibility index (Phi) is 7.01. The second-order valence-electron chi connectivity index (χ2n) is 7.44. The molecule has 3 aromatic rings. The van der Waals surface area contributed by atoms with Gasteiger partial charge in [-0.15, -0.1) is 28.1 Å². The number of nitrogens with one attached hydrogen (secondary N) is 1. The largest absolute Gasteiger partial charge is 0.328 e. The number of hydrogen-bond donors (Lipinski definition) is 1. The van der Waals surface area contributed by atoms with Crippen LogP contribution in [0.5, 0.6) is 0 Å². The number of carbonyl (C=O) groups is 2. The zero-order valence-corrected chi connectivity index (χ0v) is 19.4. The van der Waals surface area contributed by atoms with Crippen LogP contribution in [0, 0.1) is 6.92 Å². The Labute approximate surface area is 194 Å². The van der Waals surface area contributed by atoms with Gasteiger partial charge in [0, 0.05) is 30.2 Å². The summed E-state index contributed by atoms with van der Waals surface area (Å²) >= 11 is 2.68. The van der Waals surface area contributed by atoms with E-state index in [2.05, 4.69) is 27.1 Å². The lowest BCUT2D eigenvalue weighted by atomic mass is 10.1. The summed E-state index contributed by atoms with van der Waals surface area (Å²) in [7, 11) is 0. The Morgan fingerprint density at radius 2 is 2.12 bits per heavy atom. The lowest BCUT2D eigenvalue weighted by Crippen LogP contribution is -2.32. The number of thioether (sulfide) groups is 1. The number of carbonyl (C=O) groups excluding carboxylic acids is 2. The van der Waals surface area contributed by atoms with Crippen LogP contribution in [0.3, 0.4) is 0 Å². The van der Waals surface area contributed by atoms with Crippen molar-refractivity contribution in [2.24, 2.45) is 0 Å². The van der Waals surface area contributed by atoms with Gasteiger partial charge in [0.25, 0.3) is 5.91 Å². The van der Waals surface area contributed by atoms with E-state index in [0.29, 0.717) is 28.9 Å². The summed E-state index contributed by atoms with van der Waals surface area (Å²) in [5.41, 5.74) is 1.79. The smallest absolute Gasteiger partial charge is 0.254 e. The van der Waals surface area contributed by atoms with Gasteiger partial charge in [0.1, 0.15) is 0 Å². The number of likely N-dealkylation sites (tertiary alicyclic amines) is 1. The number of thiazole rings is 1. The lowest BCUT2D eigenvalue weighted by Gasteiger charge is -2.24. The van der Waals surface area contributed by atoms with E-state index >= 15 is 0 Å². The third kappa shape index (κ3) is 4.91.